The third-order valence-electron chi connectivity index (χ3n) is 4.55. The molecule has 1 aliphatic rings. The summed E-state index contributed by atoms with van der Waals surface area (Å²) in [6.45, 7) is 1.24. The summed E-state index contributed by atoms with van der Waals surface area (Å²) in [6.07, 6.45) is -2.79. The molecule has 30 heavy (non-hydrogen) atoms. The number of aromatic nitrogens is 2. The Hall–Kier alpha value is -2.66. The van der Waals surface area contributed by atoms with Crippen molar-refractivity contribution < 1.29 is 36.7 Å². The number of nitrogens with zero attached hydrogens (tertiary/aromatic N) is 3. The highest BCUT2D eigenvalue weighted by atomic mass is 19.4. The zero-order valence-electron chi connectivity index (χ0n) is 16.4. The number of hydrogen-bond acceptors (Lipinski definition) is 7. The van der Waals surface area contributed by atoms with Crippen LogP contribution < -0.4 is 4.74 Å². The minimum Gasteiger partial charge on any atom is -0.405 e. The fraction of sp³-hybridized carbons (Fsp3) is 0.526. The second-order valence-corrected chi connectivity index (χ2v) is 6.65. The van der Waals surface area contributed by atoms with Gasteiger partial charge in [-0.25, -0.2) is 0 Å². The summed E-state index contributed by atoms with van der Waals surface area (Å²) >= 11 is 0. The van der Waals surface area contributed by atoms with Crippen LogP contribution in [0.2, 0.25) is 0 Å². The molecule has 0 bridgehead atoms. The van der Waals surface area contributed by atoms with Crippen molar-refractivity contribution >= 4 is 5.91 Å². The Morgan fingerprint density at radius 1 is 1.27 bits per heavy atom. The lowest BCUT2D eigenvalue weighted by atomic mass is 10.00. The van der Waals surface area contributed by atoms with E-state index in [1.165, 1.54) is 23.1 Å². The highest BCUT2D eigenvalue weighted by Gasteiger charge is 2.36. The van der Waals surface area contributed by atoms with Gasteiger partial charge in [0.05, 0.1) is 24.8 Å². The van der Waals surface area contributed by atoms with Crippen LogP contribution in [-0.4, -0.2) is 54.2 Å². The molecule has 0 radical (unpaired) electrons. The Morgan fingerprint density at radius 3 is 2.83 bits per heavy atom. The minimum atomic E-state index is -4.90. The van der Waals surface area contributed by atoms with E-state index in [0.717, 1.165) is 18.9 Å². The fourth-order valence-electron chi connectivity index (χ4n) is 3.22. The minimum absolute atomic E-state index is 0.0965. The van der Waals surface area contributed by atoms with E-state index in [-0.39, 0.29) is 18.1 Å². The molecule has 8 nitrogen and oxygen atoms in total. The van der Waals surface area contributed by atoms with E-state index < -0.39 is 24.1 Å². The van der Waals surface area contributed by atoms with Crippen molar-refractivity contribution in [2.24, 2.45) is 0 Å². The number of carbonyl (C=O) groups excluding carboxylic acids is 1. The van der Waals surface area contributed by atoms with Gasteiger partial charge in [0.1, 0.15) is 12.4 Å². The molecule has 1 aliphatic heterocycles. The number of hydrogen-bond donors (Lipinski definition) is 0. The summed E-state index contributed by atoms with van der Waals surface area (Å²) in [5, 5.41) is 3.94. The zero-order chi connectivity index (χ0) is 21.6. The highest BCUT2D eigenvalue weighted by Crippen LogP contribution is 2.33. The van der Waals surface area contributed by atoms with Gasteiger partial charge in [-0.15, -0.1) is 13.2 Å². The standard InChI is InChI=1S/C19H22F3N3O5/c1-27-10-11-28-12-16-23-17(24-30-16)14-7-4-5-9-25(14)18(26)13-6-2-3-8-15(13)29-19(20,21)22/h2-3,6,8,14H,4-5,7,9-12H2,1H3. The average Bonchev–Trinajstić information content (AvgIpc) is 3.19. The molecule has 164 valence electrons. The van der Waals surface area contributed by atoms with Gasteiger partial charge in [-0.3, -0.25) is 4.79 Å². The normalized spacial score (nSPS) is 17.2. The maximum Gasteiger partial charge on any atom is 0.573 e. The largest absolute Gasteiger partial charge is 0.573 e. The number of likely N-dealkylation sites (tertiary alicyclic amines) is 1. The van der Waals surface area contributed by atoms with Crippen molar-refractivity contribution in [2.75, 3.05) is 26.9 Å². The second-order valence-electron chi connectivity index (χ2n) is 6.65. The first kappa shape index (κ1) is 22.0. The molecule has 3 rings (SSSR count). The van der Waals surface area contributed by atoms with Crippen molar-refractivity contribution in [1.29, 1.82) is 0 Å². The van der Waals surface area contributed by atoms with Crippen LogP contribution in [-0.2, 0) is 16.1 Å². The molecule has 0 spiro atoms. The number of carbonyl (C=O) groups is 1. The topological polar surface area (TPSA) is 86.9 Å². The average molecular weight is 429 g/mol. The number of alkyl halides is 3. The third-order valence-corrected chi connectivity index (χ3v) is 4.55. The molecule has 2 aromatic rings. The first-order valence-corrected chi connectivity index (χ1v) is 9.44. The van der Waals surface area contributed by atoms with Crippen molar-refractivity contribution in [1.82, 2.24) is 15.0 Å². The number of amides is 1. The van der Waals surface area contributed by atoms with Gasteiger partial charge < -0.3 is 23.6 Å². The van der Waals surface area contributed by atoms with Gasteiger partial charge in [-0.1, -0.05) is 17.3 Å². The van der Waals surface area contributed by atoms with Gasteiger partial charge in [-0.2, -0.15) is 4.98 Å². The lowest BCUT2D eigenvalue weighted by Crippen LogP contribution is -2.39. The van der Waals surface area contributed by atoms with E-state index in [9.17, 15) is 18.0 Å². The van der Waals surface area contributed by atoms with Crippen LogP contribution in [0.5, 0.6) is 5.75 Å². The molecule has 1 unspecified atom stereocenters. The maximum absolute atomic E-state index is 13.1. The van der Waals surface area contributed by atoms with E-state index in [2.05, 4.69) is 14.9 Å². The van der Waals surface area contributed by atoms with Gasteiger partial charge in [0.25, 0.3) is 11.8 Å². The molecular weight excluding hydrogens is 407 g/mol. The molecule has 1 atom stereocenters. The van der Waals surface area contributed by atoms with Crippen LogP contribution in [0, 0.1) is 0 Å². The Balaban J connectivity index is 1.77. The predicted molar refractivity (Wildman–Crippen MR) is 96.6 cm³/mol. The Labute approximate surface area is 170 Å². The molecule has 1 fully saturated rings. The lowest BCUT2D eigenvalue weighted by molar-refractivity contribution is -0.274. The van der Waals surface area contributed by atoms with Gasteiger partial charge in [-0.05, 0) is 31.4 Å². The molecule has 11 heteroatoms. The molecule has 1 amide bonds. The molecule has 0 aliphatic carbocycles. The third kappa shape index (κ3) is 5.70. The molecule has 2 heterocycles. The van der Waals surface area contributed by atoms with Crippen LogP contribution >= 0.6 is 0 Å². The van der Waals surface area contributed by atoms with Gasteiger partial charge in [0.2, 0.25) is 0 Å². The summed E-state index contributed by atoms with van der Waals surface area (Å²) in [5.74, 6) is -0.579. The van der Waals surface area contributed by atoms with E-state index in [1.807, 2.05) is 0 Å². The number of benzene rings is 1. The second kappa shape index (κ2) is 9.90. The van der Waals surface area contributed by atoms with E-state index in [1.54, 1.807) is 7.11 Å². The zero-order valence-corrected chi connectivity index (χ0v) is 16.4. The molecular formula is C19H22F3N3O5. The fourth-order valence-corrected chi connectivity index (χ4v) is 3.22. The first-order chi connectivity index (χ1) is 14.4. The predicted octanol–water partition coefficient (Wildman–Crippen LogP) is 3.50. The number of para-hydroxylation sites is 1. The van der Waals surface area contributed by atoms with E-state index in [0.29, 0.717) is 32.0 Å². The van der Waals surface area contributed by atoms with Gasteiger partial charge >= 0.3 is 6.36 Å². The number of rotatable bonds is 8. The van der Waals surface area contributed by atoms with Crippen molar-refractivity contribution in [3.05, 3.63) is 41.5 Å². The maximum atomic E-state index is 13.1. The molecule has 1 aromatic heterocycles. The number of methoxy groups -OCH3 is 1. The van der Waals surface area contributed by atoms with E-state index in [4.69, 9.17) is 14.0 Å². The molecule has 0 N–H and O–H groups in total. The smallest absolute Gasteiger partial charge is 0.405 e. The van der Waals surface area contributed by atoms with Crippen molar-refractivity contribution in [3.63, 3.8) is 0 Å². The summed E-state index contributed by atoms with van der Waals surface area (Å²) in [4.78, 5) is 18.8. The monoisotopic (exact) mass is 429 g/mol. The summed E-state index contributed by atoms with van der Waals surface area (Å²) < 4.78 is 57.6. The number of piperidine rings is 1. The van der Waals surface area contributed by atoms with Crippen LogP contribution in [0.3, 0.4) is 0 Å². The van der Waals surface area contributed by atoms with Crippen molar-refractivity contribution in [3.8, 4) is 5.75 Å². The van der Waals surface area contributed by atoms with Gasteiger partial charge in [0.15, 0.2) is 5.82 Å². The SMILES string of the molecule is COCCOCc1nc(C2CCCCN2C(=O)c2ccccc2OC(F)(F)F)no1. The van der Waals surface area contributed by atoms with Crippen molar-refractivity contribution in [2.45, 2.75) is 38.3 Å². The van der Waals surface area contributed by atoms with Crippen LogP contribution in [0.25, 0.3) is 0 Å². The van der Waals surface area contributed by atoms with E-state index >= 15 is 0 Å². The van der Waals surface area contributed by atoms with Gasteiger partial charge in [0, 0.05) is 13.7 Å². The summed E-state index contributed by atoms with van der Waals surface area (Å²) in [6, 6.07) is 4.77. The Morgan fingerprint density at radius 2 is 2.07 bits per heavy atom. The highest BCUT2D eigenvalue weighted by molar-refractivity contribution is 5.97. The number of ether oxygens (including phenoxy) is 3. The Kier molecular flexibility index (Phi) is 7.27. The molecule has 1 aromatic carbocycles. The lowest BCUT2D eigenvalue weighted by Gasteiger charge is -2.34. The number of halogens is 3. The molecule has 1 saturated heterocycles. The Bertz CT molecular complexity index is 843. The first-order valence-electron chi connectivity index (χ1n) is 9.44. The quantitative estimate of drug-likeness (QED) is 0.594. The van der Waals surface area contributed by atoms with Crippen LogP contribution in [0.4, 0.5) is 13.2 Å². The molecule has 0 saturated carbocycles. The van der Waals surface area contributed by atoms with Crippen LogP contribution in [0.1, 0.15) is 47.4 Å². The van der Waals surface area contributed by atoms with Crippen LogP contribution in [0.15, 0.2) is 28.8 Å². The summed E-state index contributed by atoms with van der Waals surface area (Å²) in [7, 11) is 1.56. The summed E-state index contributed by atoms with van der Waals surface area (Å²) in [5.41, 5.74) is -0.173.